The van der Waals surface area contributed by atoms with Crippen LogP contribution in [0.25, 0.3) is 0 Å². The molecule has 2 unspecified atom stereocenters. The van der Waals surface area contributed by atoms with Gasteiger partial charge in [-0.25, -0.2) is 0 Å². The molecule has 0 heterocycles. The summed E-state index contributed by atoms with van der Waals surface area (Å²) in [5.41, 5.74) is 0.912. The van der Waals surface area contributed by atoms with Crippen LogP contribution in [-0.4, -0.2) is 37.9 Å². The summed E-state index contributed by atoms with van der Waals surface area (Å²) < 4.78 is 0.553. The van der Waals surface area contributed by atoms with Crippen molar-refractivity contribution in [3.63, 3.8) is 0 Å². The highest BCUT2D eigenvalue weighted by Gasteiger charge is 2.16. The van der Waals surface area contributed by atoms with Gasteiger partial charge in [0.25, 0.3) is 0 Å². The fraction of sp³-hybridized carbons (Fsp3) is 0.400. The molecule has 0 aliphatic carbocycles. The molecule has 6 heteroatoms. The molecule has 0 fully saturated rings. The van der Waals surface area contributed by atoms with Gasteiger partial charge in [-0.1, -0.05) is 46.9 Å². The lowest BCUT2D eigenvalue weighted by molar-refractivity contribution is 0.0946. The van der Waals surface area contributed by atoms with E-state index < -0.39 is 19.3 Å². The van der Waals surface area contributed by atoms with Crippen LogP contribution in [-0.2, 0) is 0 Å². The molecule has 88 valence electrons. The predicted octanol–water partition coefficient (Wildman–Crippen LogP) is -0.414. The highest BCUT2D eigenvalue weighted by molar-refractivity contribution is 14.1. The van der Waals surface area contributed by atoms with Gasteiger partial charge in [0.2, 0.25) is 0 Å². The lowest BCUT2D eigenvalue weighted by Gasteiger charge is -2.15. The third kappa shape index (κ3) is 4.02. The molecule has 0 bridgehead atoms. The minimum absolute atomic E-state index is 0.244. The fourth-order valence-corrected chi connectivity index (χ4v) is 1.74. The second-order valence-electron chi connectivity index (χ2n) is 3.60. The molecule has 4 nitrogen and oxygen atoms in total. The first-order valence-electron chi connectivity index (χ1n) is 4.92. The van der Waals surface area contributed by atoms with Crippen molar-refractivity contribution in [1.82, 2.24) is 0 Å². The Balaban J connectivity index is 2.75. The van der Waals surface area contributed by atoms with E-state index in [1.165, 1.54) is 6.07 Å². The highest BCUT2D eigenvalue weighted by Crippen LogP contribution is 2.18. The molecule has 0 saturated heterocycles. The zero-order chi connectivity index (χ0) is 12.1. The molecule has 0 amide bonds. The van der Waals surface area contributed by atoms with E-state index in [9.17, 15) is 10.2 Å². The van der Waals surface area contributed by atoms with E-state index in [0.29, 0.717) is 15.5 Å². The Labute approximate surface area is 108 Å². The quantitative estimate of drug-likeness (QED) is 0.335. The topological polar surface area (TPSA) is 80.9 Å². The van der Waals surface area contributed by atoms with E-state index in [4.69, 9.17) is 10.0 Å². The molecule has 0 saturated carbocycles. The Morgan fingerprint density at radius 3 is 2.50 bits per heavy atom. The van der Waals surface area contributed by atoms with Crippen LogP contribution in [0.1, 0.15) is 18.1 Å². The van der Waals surface area contributed by atoms with Crippen molar-refractivity contribution in [2.24, 2.45) is 0 Å². The van der Waals surface area contributed by atoms with E-state index >= 15 is 0 Å². The monoisotopic (exact) mass is 336 g/mol. The molecule has 16 heavy (non-hydrogen) atoms. The van der Waals surface area contributed by atoms with E-state index in [-0.39, 0.29) is 6.42 Å². The van der Waals surface area contributed by atoms with Crippen molar-refractivity contribution in [2.75, 3.05) is 4.43 Å². The van der Waals surface area contributed by atoms with Crippen molar-refractivity contribution >= 4 is 35.2 Å². The number of alkyl halides is 1. The largest absolute Gasteiger partial charge is 0.488 e. The molecule has 0 spiro atoms. The van der Waals surface area contributed by atoms with Crippen molar-refractivity contribution in [3.05, 3.63) is 29.8 Å². The predicted molar refractivity (Wildman–Crippen MR) is 70.7 cm³/mol. The second-order valence-corrected chi connectivity index (χ2v) is 4.48. The van der Waals surface area contributed by atoms with Crippen molar-refractivity contribution in [3.8, 4) is 0 Å². The lowest BCUT2D eigenvalue weighted by Crippen LogP contribution is -2.30. The van der Waals surface area contributed by atoms with Gasteiger partial charge in [0.1, 0.15) is 0 Å². The minimum Gasteiger partial charge on any atom is -0.423 e. The molecule has 0 aliphatic heterocycles. The summed E-state index contributed by atoms with van der Waals surface area (Å²) in [5.74, 6) is 0. The number of benzene rings is 1. The summed E-state index contributed by atoms with van der Waals surface area (Å²) in [6.07, 6.45) is -1.10. The van der Waals surface area contributed by atoms with Crippen LogP contribution in [0.15, 0.2) is 24.3 Å². The minimum atomic E-state index is -1.54. The summed E-state index contributed by atoms with van der Waals surface area (Å²) >= 11 is 2.04. The number of hydrogen-bond acceptors (Lipinski definition) is 4. The van der Waals surface area contributed by atoms with Gasteiger partial charge in [0.05, 0.1) is 12.2 Å². The fourth-order valence-electron chi connectivity index (χ4n) is 1.38. The van der Waals surface area contributed by atoms with Crippen LogP contribution in [0.3, 0.4) is 0 Å². The van der Waals surface area contributed by atoms with Crippen molar-refractivity contribution in [2.45, 2.75) is 18.6 Å². The smallest absolute Gasteiger partial charge is 0.423 e. The molecular formula is C10H14BIO4. The van der Waals surface area contributed by atoms with E-state index in [2.05, 4.69) is 0 Å². The standard InChI is InChI=1S/C10H14BIO4/c12-6-9(13)5-10(14)7-2-1-3-8(4-7)11(15)16/h1-4,9-10,13-16H,5-6H2. The number of hydrogen-bond donors (Lipinski definition) is 4. The summed E-state index contributed by atoms with van der Waals surface area (Å²) in [7, 11) is -1.54. The van der Waals surface area contributed by atoms with Gasteiger partial charge >= 0.3 is 7.12 Å². The SMILES string of the molecule is OB(O)c1cccc(C(O)CC(O)CI)c1. The van der Waals surface area contributed by atoms with Gasteiger partial charge in [-0.3, -0.25) is 0 Å². The Kier molecular flexibility index (Phi) is 5.70. The third-order valence-electron chi connectivity index (χ3n) is 2.27. The van der Waals surface area contributed by atoms with Crippen molar-refractivity contribution < 1.29 is 20.3 Å². The van der Waals surface area contributed by atoms with Crippen LogP contribution in [0.5, 0.6) is 0 Å². The molecule has 1 rings (SSSR count). The number of aliphatic hydroxyl groups excluding tert-OH is 2. The van der Waals surface area contributed by atoms with Crippen LogP contribution in [0.4, 0.5) is 0 Å². The summed E-state index contributed by atoms with van der Waals surface area (Å²) in [6, 6.07) is 6.42. The van der Waals surface area contributed by atoms with Gasteiger partial charge < -0.3 is 20.3 Å². The lowest BCUT2D eigenvalue weighted by atomic mass is 9.79. The first kappa shape index (κ1) is 13.9. The Bertz CT molecular complexity index is 334. The number of halogens is 1. The summed E-state index contributed by atoms with van der Waals surface area (Å²) in [4.78, 5) is 0. The zero-order valence-electron chi connectivity index (χ0n) is 8.62. The first-order valence-corrected chi connectivity index (χ1v) is 6.45. The second kappa shape index (κ2) is 6.56. The van der Waals surface area contributed by atoms with E-state index in [1.54, 1.807) is 18.2 Å². The Morgan fingerprint density at radius 1 is 1.25 bits per heavy atom. The molecule has 1 aromatic carbocycles. The average Bonchev–Trinajstić information content (AvgIpc) is 2.28. The number of rotatable bonds is 5. The normalized spacial score (nSPS) is 14.6. The van der Waals surface area contributed by atoms with Gasteiger partial charge in [-0.05, 0) is 11.0 Å². The molecule has 0 aliphatic rings. The van der Waals surface area contributed by atoms with Crippen molar-refractivity contribution in [1.29, 1.82) is 0 Å². The molecular weight excluding hydrogens is 322 g/mol. The van der Waals surface area contributed by atoms with Gasteiger partial charge in [-0.15, -0.1) is 0 Å². The van der Waals surface area contributed by atoms with Gasteiger partial charge in [-0.2, -0.15) is 0 Å². The average molecular weight is 336 g/mol. The maximum absolute atomic E-state index is 9.80. The Hall–Kier alpha value is -0.145. The molecule has 0 aromatic heterocycles. The van der Waals surface area contributed by atoms with Gasteiger partial charge in [0, 0.05) is 10.8 Å². The number of aliphatic hydroxyl groups is 2. The highest BCUT2D eigenvalue weighted by atomic mass is 127. The van der Waals surface area contributed by atoms with E-state index in [1.807, 2.05) is 22.6 Å². The first-order chi connectivity index (χ1) is 7.54. The maximum atomic E-state index is 9.80. The molecule has 1 aromatic rings. The maximum Gasteiger partial charge on any atom is 0.488 e. The van der Waals surface area contributed by atoms with Gasteiger partial charge in [0.15, 0.2) is 0 Å². The zero-order valence-corrected chi connectivity index (χ0v) is 10.8. The molecule has 2 atom stereocenters. The van der Waals surface area contributed by atoms with Crippen LogP contribution in [0, 0.1) is 0 Å². The summed E-state index contributed by atoms with van der Waals surface area (Å²) in [6.45, 7) is 0. The van der Waals surface area contributed by atoms with Crippen LogP contribution >= 0.6 is 22.6 Å². The molecule has 0 radical (unpaired) electrons. The summed E-state index contributed by atoms with van der Waals surface area (Å²) in [5, 5.41) is 37.2. The third-order valence-corrected chi connectivity index (χ3v) is 3.28. The molecule has 4 N–H and O–H groups in total. The Morgan fingerprint density at radius 2 is 1.94 bits per heavy atom. The van der Waals surface area contributed by atoms with Crippen LogP contribution < -0.4 is 5.46 Å². The van der Waals surface area contributed by atoms with E-state index in [0.717, 1.165) is 0 Å². The van der Waals surface area contributed by atoms with Crippen LogP contribution in [0.2, 0.25) is 0 Å².